The van der Waals surface area contributed by atoms with Gasteiger partial charge in [-0.1, -0.05) is 28.1 Å². The summed E-state index contributed by atoms with van der Waals surface area (Å²) in [5, 5.41) is 5.82. The maximum Gasteiger partial charge on any atom is 0.222 e. The fourth-order valence-corrected chi connectivity index (χ4v) is 2.99. The van der Waals surface area contributed by atoms with Gasteiger partial charge in [0.05, 0.1) is 11.7 Å². The molecular weight excluding hydrogens is 350 g/mol. The van der Waals surface area contributed by atoms with E-state index in [1.807, 2.05) is 43.5 Å². The van der Waals surface area contributed by atoms with Gasteiger partial charge in [0.2, 0.25) is 5.91 Å². The van der Waals surface area contributed by atoms with E-state index in [4.69, 9.17) is 5.73 Å². The minimum Gasteiger partial charge on any atom is -0.347 e. The summed E-state index contributed by atoms with van der Waals surface area (Å²) in [6.45, 7) is 3.75. The van der Waals surface area contributed by atoms with E-state index in [0.717, 1.165) is 20.7 Å². The summed E-state index contributed by atoms with van der Waals surface area (Å²) >= 11 is 4.97. The molecule has 2 aromatic rings. The predicted octanol–water partition coefficient (Wildman–Crippen LogP) is 3.49. The van der Waals surface area contributed by atoms with Crippen molar-refractivity contribution in [2.75, 3.05) is 0 Å². The molecule has 0 aliphatic carbocycles. The molecule has 3 N–H and O–H groups in total. The van der Waals surface area contributed by atoms with Crippen LogP contribution < -0.4 is 11.1 Å². The molecule has 112 valence electrons. The number of nitrogens with one attached hydrogen (secondary N) is 1. The molecule has 1 amide bonds. The van der Waals surface area contributed by atoms with Crippen molar-refractivity contribution in [1.82, 2.24) is 10.3 Å². The molecule has 2 rings (SSSR count). The highest BCUT2D eigenvalue weighted by Crippen LogP contribution is 2.26. The fraction of sp³-hybridized carbons (Fsp3) is 0.333. The molecule has 6 heteroatoms. The van der Waals surface area contributed by atoms with E-state index >= 15 is 0 Å². The number of amides is 1. The van der Waals surface area contributed by atoms with Gasteiger partial charge in [-0.15, -0.1) is 11.3 Å². The second-order valence-electron chi connectivity index (χ2n) is 5.05. The van der Waals surface area contributed by atoms with Crippen molar-refractivity contribution in [3.8, 4) is 11.3 Å². The molecule has 4 nitrogen and oxygen atoms in total. The first kappa shape index (κ1) is 16.1. The van der Waals surface area contributed by atoms with Crippen molar-refractivity contribution in [2.45, 2.75) is 32.4 Å². The summed E-state index contributed by atoms with van der Waals surface area (Å²) in [6, 6.07) is 7.77. The highest BCUT2D eigenvalue weighted by molar-refractivity contribution is 9.10. The number of hydrogen-bond acceptors (Lipinski definition) is 4. The Kier molecular flexibility index (Phi) is 5.50. The van der Waals surface area contributed by atoms with Crippen LogP contribution in [0.5, 0.6) is 0 Å². The zero-order chi connectivity index (χ0) is 15.4. The van der Waals surface area contributed by atoms with Gasteiger partial charge in [-0.25, -0.2) is 4.98 Å². The minimum absolute atomic E-state index is 0.0436. The SMILES string of the molecule is CC(N)CC(=O)NC(C)c1nc(-c2ccc(Br)cc2)cs1. The van der Waals surface area contributed by atoms with Crippen molar-refractivity contribution < 1.29 is 4.79 Å². The Balaban J connectivity index is 2.05. The topological polar surface area (TPSA) is 68.0 Å². The van der Waals surface area contributed by atoms with Gasteiger partial charge in [0.15, 0.2) is 0 Å². The first-order valence-electron chi connectivity index (χ1n) is 6.72. The van der Waals surface area contributed by atoms with Crippen LogP contribution in [0.4, 0.5) is 0 Å². The van der Waals surface area contributed by atoms with Gasteiger partial charge in [0.1, 0.15) is 5.01 Å². The first-order chi connectivity index (χ1) is 9.95. The largest absolute Gasteiger partial charge is 0.347 e. The van der Waals surface area contributed by atoms with Crippen molar-refractivity contribution in [3.05, 3.63) is 39.1 Å². The molecule has 0 saturated heterocycles. The van der Waals surface area contributed by atoms with Crippen molar-refractivity contribution in [1.29, 1.82) is 0 Å². The Morgan fingerprint density at radius 1 is 1.38 bits per heavy atom. The quantitative estimate of drug-likeness (QED) is 0.849. The van der Waals surface area contributed by atoms with Crippen LogP contribution in [0.3, 0.4) is 0 Å². The highest BCUT2D eigenvalue weighted by Gasteiger charge is 2.14. The molecule has 0 aliphatic rings. The maximum absolute atomic E-state index is 11.7. The Bertz CT molecular complexity index is 610. The van der Waals surface area contributed by atoms with Gasteiger partial charge in [-0.2, -0.15) is 0 Å². The van der Waals surface area contributed by atoms with Gasteiger partial charge in [-0.05, 0) is 26.0 Å². The normalized spacial score (nSPS) is 13.7. The van der Waals surface area contributed by atoms with Crippen LogP contribution in [0.25, 0.3) is 11.3 Å². The predicted molar refractivity (Wildman–Crippen MR) is 90.1 cm³/mol. The maximum atomic E-state index is 11.7. The zero-order valence-corrected chi connectivity index (χ0v) is 14.4. The van der Waals surface area contributed by atoms with Gasteiger partial charge in [0.25, 0.3) is 0 Å². The van der Waals surface area contributed by atoms with Crippen LogP contribution in [-0.4, -0.2) is 16.9 Å². The summed E-state index contributed by atoms with van der Waals surface area (Å²) in [4.78, 5) is 16.3. The van der Waals surface area contributed by atoms with E-state index in [1.54, 1.807) is 11.3 Å². The smallest absolute Gasteiger partial charge is 0.222 e. The third-order valence-corrected chi connectivity index (χ3v) is 4.47. The number of benzene rings is 1. The van der Waals surface area contributed by atoms with E-state index in [2.05, 4.69) is 26.2 Å². The third-order valence-electron chi connectivity index (χ3n) is 2.92. The standard InChI is InChI=1S/C15H18BrN3OS/c1-9(17)7-14(20)18-10(2)15-19-13(8-21-15)11-3-5-12(16)6-4-11/h3-6,8-10H,7,17H2,1-2H3,(H,18,20). The monoisotopic (exact) mass is 367 g/mol. The van der Waals surface area contributed by atoms with Crippen LogP contribution in [0, 0.1) is 0 Å². The van der Waals surface area contributed by atoms with E-state index in [0.29, 0.717) is 6.42 Å². The Morgan fingerprint density at radius 3 is 2.67 bits per heavy atom. The van der Waals surface area contributed by atoms with Crippen LogP contribution in [0.2, 0.25) is 0 Å². The van der Waals surface area contributed by atoms with Crippen LogP contribution in [-0.2, 0) is 4.79 Å². The van der Waals surface area contributed by atoms with Crippen LogP contribution >= 0.6 is 27.3 Å². The number of carbonyl (C=O) groups is 1. The van der Waals surface area contributed by atoms with E-state index in [-0.39, 0.29) is 18.0 Å². The Labute approximate surface area is 136 Å². The Hall–Kier alpha value is -1.24. The molecule has 0 bridgehead atoms. The van der Waals surface area contributed by atoms with Gasteiger partial charge in [-0.3, -0.25) is 4.79 Å². The first-order valence-corrected chi connectivity index (χ1v) is 8.39. The van der Waals surface area contributed by atoms with E-state index in [1.165, 1.54) is 0 Å². The van der Waals surface area contributed by atoms with Crippen molar-refractivity contribution in [2.24, 2.45) is 5.73 Å². The Morgan fingerprint density at radius 2 is 2.05 bits per heavy atom. The lowest BCUT2D eigenvalue weighted by atomic mass is 10.2. The average molecular weight is 368 g/mol. The average Bonchev–Trinajstić information content (AvgIpc) is 2.88. The fourth-order valence-electron chi connectivity index (χ4n) is 1.89. The summed E-state index contributed by atoms with van der Waals surface area (Å²) in [6.07, 6.45) is 0.329. The lowest BCUT2D eigenvalue weighted by Crippen LogP contribution is -2.31. The number of nitrogens with zero attached hydrogens (tertiary/aromatic N) is 1. The second-order valence-corrected chi connectivity index (χ2v) is 6.85. The molecule has 21 heavy (non-hydrogen) atoms. The third kappa shape index (κ3) is 4.62. The molecular formula is C15H18BrN3OS. The summed E-state index contributed by atoms with van der Waals surface area (Å²) in [5.74, 6) is -0.0436. The number of rotatable bonds is 5. The molecule has 2 atom stereocenters. The molecule has 0 fully saturated rings. The number of hydrogen-bond donors (Lipinski definition) is 2. The number of halogens is 1. The molecule has 1 heterocycles. The van der Waals surface area contributed by atoms with E-state index in [9.17, 15) is 4.79 Å². The highest BCUT2D eigenvalue weighted by atomic mass is 79.9. The van der Waals surface area contributed by atoms with Crippen molar-refractivity contribution >= 4 is 33.2 Å². The lowest BCUT2D eigenvalue weighted by Gasteiger charge is -2.12. The second kappa shape index (κ2) is 7.15. The molecule has 0 spiro atoms. The molecule has 0 radical (unpaired) electrons. The number of carbonyl (C=O) groups excluding carboxylic acids is 1. The molecule has 0 aliphatic heterocycles. The molecule has 2 unspecified atom stereocenters. The molecule has 1 aromatic carbocycles. The molecule has 1 aromatic heterocycles. The number of nitrogens with two attached hydrogens (primary N) is 1. The number of thiazole rings is 1. The summed E-state index contributed by atoms with van der Waals surface area (Å²) in [7, 11) is 0. The lowest BCUT2D eigenvalue weighted by molar-refractivity contribution is -0.122. The summed E-state index contributed by atoms with van der Waals surface area (Å²) in [5.41, 5.74) is 7.61. The van der Waals surface area contributed by atoms with Crippen LogP contribution in [0.1, 0.15) is 31.3 Å². The minimum atomic E-state index is -0.133. The van der Waals surface area contributed by atoms with Crippen LogP contribution in [0.15, 0.2) is 34.1 Å². The summed E-state index contributed by atoms with van der Waals surface area (Å²) < 4.78 is 1.04. The van der Waals surface area contributed by atoms with E-state index < -0.39 is 0 Å². The zero-order valence-electron chi connectivity index (χ0n) is 12.0. The van der Waals surface area contributed by atoms with Crippen molar-refractivity contribution in [3.63, 3.8) is 0 Å². The number of aromatic nitrogens is 1. The van der Waals surface area contributed by atoms with Gasteiger partial charge >= 0.3 is 0 Å². The molecule has 0 saturated carbocycles. The van der Waals surface area contributed by atoms with Gasteiger partial charge in [0, 0.05) is 27.9 Å². The van der Waals surface area contributed by atoms with Gasteiger partial charge < -0.3 is 11.1 Å².